The van der Waals surface area contributed by atoms with Crippen LogP contribution in [0.1, 0.15) is 30.0 Å². The Kier molecular flexibility index (Phi) is 5.68. The highest BCUT2D eigenvalue weighted by Crippen LogP contribution is 2.50. The molecule has 4 rings (SSSR count). The van der Waals surface area contributed by atoms with Crippen molar-refractivity contribution < 1.29 is 22.7 Å². The van der Waals surface area contributed by atoms with Gasteiger partial charge in [-0.3, -0.25) is 4.79 Å². The normalized spacial score (nSPS) is 21.6. The number of nitrogens with one attached hydrogen (secondary N) is 1. The van der Waals surface area contributed by atoms with Gasteiger partial charge in [0.05, 0.1) is 5.56 Å². The van der Waals surface area contributed by atoms with E-state index in [0.29, 0.717) is 36.2 Å². The number of nitrogens with two attached hydrogens (primary N) is 1. The van der Waals surface area contributed by atoms with Crippen LogP contribution in [-0.4, -0.2) is 29.9 Å². The first-order valence-corrected chi connectivity index (χ1v) is 10.2. The molecular weight excluding hydrogens is 421 g/mol. The van der Waals surface area contributed by atoms with Crippen LogP contribution in [0.2, 0.25) is 0 Å². The monoisotopic (exact) mass is 444 g/mol. The van der Waals surface area contributed by atoms with Crippen molar-refractivity contribution in [3.63, 3.8) is 0 Å². The highest BCUT2D eigenvalue weighted by atomic mass is 19.1. The van der Waals surface area contributed by atoms with E-state index < -0.39 is 35.0 Å². The smallest absolute Gasteiger partial charge is 0.244 e. The van der Waals surface area contributed by atoms with Crippen LogP contribution < -0.4 is 11.1 Å². The van der Waals surface area contributed by atoms with E-state index >= 15 is 0 Å². The lowest BCUT2D eigenvalue weighted by molar-refractivity contribution is -0.160. The number of anilines is 1. The van der Waals surface area contributed by atoms with E-state index in [0.717, 1.165) is 23.2 Å². The summed E-state index contributed by atoms with van der Waals surface area (Å²) in [4.78, 5) is 12.7. The van der Waals surface area contributed by atoms with Gasteiger partial charge in [0, 0.05) is 30.6 Å². The molecule has 2 unspecified atom stereocenters. The molecule has 1 spiro atoms. The third-order valence-corrected chi connectivity index (χ3v) is 5.76. The van der Waals surface area contributed by atoms with Gasteiger partial charge in [0.25, 0.3) is 0 Å². The fourth-order valence-corrected chi connectivity index (χ4v) is 4.34. The fourth-order valence-electron chi connectivity index (χ4n) is 4.34. The SMILES string of the molecule is C=CCc1cc2c(cc1F)C1(OC(c3cc(F)ccc3F)=NN1C(C)=O)C(CCN)CN2. The molecule has 0 aliphatic carbocycles. The Hall–Kier alpha value is -3.33. The van der Waals surface area contributed by atoms with Crippen molar-refractivity contribution in [1.29, 1.82) is 0 Å². The average molecular weight is 444 g/mol. The van der Waals surface area contributed by atoms with Crippen LogP contribution in [0.3, 0.4) is 0 Å². The molecule has 0 aromatic heterocycles. The standard InChI is InChI=1S/C23H23F3N4O2/c1-3-4-14-9-21-18(11-20(14)26)23(15(7-8-27)12-28-21)30(13(2)31)29-22(32-23)17-10-16(24)5-6-19(17)25/h3,5-6,9-11,15,28H,1,4,7-8,12,27H2,2H3. The van der Waals surface area contributed by atoms with Crippen molar-refractivity contribution in [3.05, 3.63) is 77.1 Å². The predicted molar refractivity (Wildman–Crippen MR) is 114 cm³/mol. The maximum absolute atomic E-state index is 15.0. The molecule has 0 saturated heterocycles. The van der Waals surface area contributed by atoms with Crippen LogP contribution in [-0.2, 0) is 21.7 Å². The lowest BCUT2D eigenvalue weighted by atomic mass is 9.80. The largest absolute Gasteiger partial charge is 0.442 e. The van der Waals surface area contributed by atoms with Crippen molar-refractivity contribution in [2.45, 2.75) is 25.5 Å². The molecule has 2 aromatic rings. The number of fused-ring (bicyclic) bond motifs is 2. The zero-order valence-electron chi connectivity index (χ0n) is 17.5. The van der Waals surface area contributed by atoms with Gasteiger partial charge >= 0.3 is 0 Å². The molecule has 2 aromatic carbocycles. The molecule has 2 atom stereocenters. The van der Waals surface area contributed by atoms with Crippen LogP contribution in [0.15, 0.2) is 48.1 Å². The number of halogens is 3. The first-order valence-electron chi connectivity index (χ1n) is 10.2. The molecule has 1 amide bonds. The lowest BCUT2D eigenvalue weighted by Crippen LogP contribution is -2.55. The lowest BCUT2D eigenvalue weighted by Gasteiger charge is -2.45. The predicted octanol–water partition coefficient (Wildman–Crippen LogP) is 3.62. The number of amides is 1. The number of ether oxygens (including phenoxy) is 1. The van der Waals surface area contributed by atoms with Crippen molar-refractivity contribution >= 4 is 17.5 Å². The second-order valence-corrected chi connectivity index (χ2v) is 7.80. The topological polar surface area (TPSA) is 80.0 Å². The average Bonchev–Trinajstić information content (AvgIpc) is 3.15. The minimum Gasteiger partial charge on any atom is -0.442 e. The van der Waals surface area contributed by atoms with E-state index in [1.807, 2.05) is 0 Å². The number of carbonyl (C=O) groups is 1. The van der Waals surface area contributed by atoms with Crippen LogP contribution in [0, 0.1) is 23.4 Å². The number of benzene rings is 2. The van der Waals surface area contributed by atoms with Gasteiger partial charge in [0.2, 0.25) is 17.5 Å². The molecule has 0 bridgehead atoms. The summed E-state index contributed by atoms with van der Waals surface area (Å²) in [5, 5.41) is 8.55. The van der Waals surface area contributed by atoms with E-state index in [1.54, 1.807) is 12.1 Å². The van der Waals surface area contributed by atoms with Crippen molar-refractivity contribution in [2.75, 3.05) is 18.4 Å². The first kappa shape index (κ1) is 21.9. The van der Waals surface area contributed by atoms with Crippen molar-refractivity contribution in [1.82, 2.24) is 5.01 Å². The molecule has 0 radical (unpaired) electrons. The van der Waals surface area contributed by atoms with Gasteiger partial charge in [-0.05, 0) is 55.3 Å². The van der Waals surface area contributed by atoms with Gasteiger partial charge in [-0.25, -0.2) is 13.2 Å². The summed E-state index contributed by atoms with van der Waals surface area (Å²) in [6.45, 7) is 5.54. The Morgan fingerprint density at radius 1 is 1.34 bits per heavy atom. The summed E-state index contributed by atoms with van der Waals surface area (Å²) < 4.78 is 49.5. The summed E-state index contributed by atoms with van der Waals surface area (Å²) in [6.07, 6.45) is 2.30. The number of hydrogen-bond donors (Lipinski definition) is 2. The molecule has 2 aliphatic heterocycles. The van der Waals surface area contributed by atoms with E-state index in [-0.39, 0.29) is 18.0 Å². The van der Waals surface area contributed by atoms with Gasteiger partial charge in [-0.2, -0.15) is 5.01 Å². The third kappa shape index (κ3) is 3.42. The highest BCUT2D eigenvalue weighted by Gasteiger charge is 2.57. The summed E-state index contributed by atoms with van der Waals surface area (Å²) in [5.41, 5.74) is 5.33. The summed E-state index contributed by atoms with van der Waals surface area (Å²) in [6, 6.07) is 5.80. The van der Waals surface area contributed by atoms with Crippen LogP contribution in [0.25, 0.3) is 0 Å². The molecule has 0 saturated carbocycles. The molecule has 32 heavy (non-hydrogen) atoms. The Bertz CT molecular complexity index is 1120. The van der Waals surface area contributed by atoms with Crippen molar-refractivity contribution in [3.8, 4) is 0 Å². The molecule has 3 N–H and O–H groups in total. The number of hydrogen-bond acceptors (Lipinski definition) is 5. The zero-order chi connectivity index (χ0) is 23.0. The number of hydrazone groups is 1. The molecule has 168 valence electrons. The highest BCUT2D eigenvalue weighted by molar-refractivity contribution is 5.97. The van der Waals surface area contributed by atoms with Gasteiger partial charge in [-0.15, -0.1) is 11.7 Å². The van der Waals surface area contributed by atoms with Crippen LogP contribution in [0.4, 0.5) is 18.9 Å². The molecule has 6 nitrogen and oxygen atoms in total. The fraction of sp³-hybridized carbons (Fsp3) is 0.304. The van der Waals surface area contributed by atoms with E-state index in [2.05, 4.69) is 17.0 Å². The summed E-state index contributed by atoms with van der Waals surface area (Å²) >= 11 is 0. The summed E-state index contributed by atoms with van der Waals surface area (Å²) in [7, 11) is 0. The molecule has 0 fully saturated rings. The second-order valence-electron chi connectivity index (χ2n) is 7.80. The number of nitrogens with zero attached hydrogens (tertiary/aromatic N) is 2. The van der Waals surface area contributed by atoms with Gasteiger partial charge in [0.1, 0.15) is 17.5 Å². The Morgan fingerprint density at radius 2 is 2.12 bits per heavy atom. The second kappa shape index (κ2) is 8.31. The maximum Gasteiger partial charge on any atom is 0.244 e. The van der Waals surface area contributed by atoms with E-state index in [9.17, 15) is 18.0 Å². The van der Waals surface area contributed by atoms with Crippen molar-refractivity contribution in [2.24, 2.45) is 16.8 Å². The Morgan fingerprint density at radius 3 is 2.81 bits per heavy atom. The van der Waals surface area contributed by atoms with Gasteiger partial charge < -0.3 is 15.8 Å². The number of rotatable bonds is 5. The zero-order valence-corrected chi connectivity index (χ0v) is 17.5. The van der Waals surface area contributed by atoms with Crippen LogP contribution >= 0.6 is 0 Å². The molecule has 2 aliphatic rings. The Balaban J connectivity index is 1.92. The minimum atomic E-state index is -1.56. The minimum absolute atomic E-state index is 0.233. The molecule has 2 heterocycles. The third-order valence-electron chi connectivity index (χ3n) is 5.76. The molecule has 9 heteroatoms. The Labute approximate surface area is 183 Å². The van der Waals surface area contributed by atoms with Gasteiger partial charge in [0.15, 0.2) is 0 Å². The van der Waals surface area contributed by atoms with Gasteiger partial charge in [-0.1, -0.05) is 6.08 Å². The van der Waals surface area contributed by atoms with Crippen LogP contribution in [0.5, 0.6) is 0 Å². The first-order chi connectivity index (χ1) is 15.3. The number of carbonyl (C=O) groups excluding carboxylic acids is 1. The van der Waals surface area contributed by atoms with E-state index in [1.165, 1.54) is 13.0 Å². The maximum atomic E-state index is 15.0. The quantitative estimate of drug-likeness (QED) is 0.691. The summed E-state index contributed by atoms with van der Waals surface area (Å²) in [5.74, 6) is -3.15. The molecular formula is C23H23F3N4O2. The number of allylic oxidation sites excluding steroid dienone is 1. The van der Waals surface area contributed by atoms with E-state index in [4.69, 9.17) is 10.5 Å².